The normalized spacial score (nSPS) is 12.7. The smallest absolute Gasteiger partial charge is 0.262 e. The molecule has 2 aromatic heterocycles. The zero-order valence-corrected chi connectivity index (χ0v) is 9.99. The standard InChI is InChI=1S/C11H13N3OS/c1-7-6-15-11(14-7)16-10-9(8(2)12)4-3-5-13-10/h3-6,8H,12H2,1-2H3/t8-/m1/s1. The summed E-state index contributed by atoms with van der Waals surface area (Å²) in [6, 6.07) is 3.80. The van der Waals surface area contributed by atoms with Crippen LogP contribution in [0.25, 0.3) is 0 Å². The van der Waals surface area contributed by atoms with Crippen molar-refractivity contribution in [1.82, 2.24) is 9.97 Å². The van der Waals surface area contributed by atoms with Crippen LogP contribution < -0.4 is 5.73 Å². The second kappa shape index (κ2) is 4.67. The number of oxazole rings is 1. The van der Waals surface area contributed by atoms with Crippen molar-refractivity contribution in [1.29, 1.82) is 0 Å². The Balaban J connectivity index is 2.27. The minimum Gasteiger partial charge on any atom is -0.439 e. The number of aryl methyl sites for hydroxylation is 1. The third kappa shape index (κ3) is 2.43. The first-order valence-electron chi connectivity index (χ1n) is 4.97. The summed E-state index contributed by atoms with van der Waals surface area (Å²) in [7, 11) is 0. The second-order valence-electron chi connectivity index (χ2n) is 3.54. The molecule has 16 heavy (non-hydrogen) atoms. The molecule has 0 aromatic carbocycles. The van der Waals surface area contributed by atoms with Crippen LogP contribution in [0.15, 0.2) is 39.3 Å². The van der Waals surface area contributed by atoms with Gasteiger partial charge in [-0.3, -0.25) is 0 Å². The quantitative estimate of drug-likeness (QED) is 0.885. The van der Waals surface area contributed by atoms with Gasteiger partial charge in [0.25, 0.3) is 5.22 Å². The van der Waals surface area contributed by atoms with Gasteiger partial charge in [-0.05, 0) is 31.7 Å². The maximum atomic E-state index is 5.87. The lowest BCUT2D eigenvalue weighted by Gasteiger charge is -2.08. The van der Waals surface area contributed by atoms with Gasteiger partial charge in [0.05, 0.1) is 5.69 Å². The molecule has 2 heterocycles. The van der Waals surface area contributed by atoms with Gasteiger partial charge in [0.1, 0.15) is 11.3 Å². The molecule has 0 amide bonds. The first kappa shape index (κ1) is 11.2. The minimum atomic E-state index is -0.0488. The summed E-state index contributed by atoms with van der Waals surface area (Å²) in [6.45, 7) is 3.82. The highest BCUT2D eigenvalue weighted by Crippen LogP contribution is 2.29. The highest BCUT2D eigenvalue weighted by Gasteiger charge is 2.11. The zero-order valence-electron chi connectivity index (χ0n) is 9.18. The Morgan fingerprint density at radius 2 is 2.31 bits per heavy atom. The molecule has 0 aliphatic heterocycles. The molecule has 2 rings (SSSR count). The molecule has 5 heteroatoms. The van der Waals surface area contributed by atoms with Crippen LogP contribution in [0.4, 0.5) is 0 Å². The monoisotopic (exact) mass is 235 g/mol. The molecule has 0 saturated heterocycles. The van der Waals surface area contributed by atoms with Crippen LogP contribution in [-0.2, 0) is 0 Å². The fourth-order valence-corrected chi connectivity index (χ4v) is 2.23. The van der Waals surface area contributed by atoms with Crippen molar-refractivity contribution in [2.75, 3.05) is 0 Å². The van der Waals surface area contributed by atoms with Crippen LogP contribution >= 0.6 is 11.8 Å². The lowest BCUT2D eigenvalue weighted by Crippen LogP contribution is -2.07. The maximum absolute atomic E-state index is 5.87. The molecule has 0 fully saturated rings. The lowest BCUT2D eigenvalue weighted by molar-refractivity contribution is 0.453. The Morgan fingerprint density at radius 1 is 1.50 bits per heavy atom. The molecule has 0 unspecified atom stereocenters. The van der Waals surface area contributed by atoms with E-state index >= 15 is 0 Å². The van der Waals surface area contributed by atoms with E-state index in [1.54, 1.807) is 12.5 Å². The Labute approximate surface area is 98.3 Å². The molecule has 4 nitrogen and oxygen atoms in total. The van der Waals surface area contributed by atoms with Crippen LogP contribution in [-0.4, -0.2) is 9.97 Å². The van der Waals surface area contributed by atoms with E-state index < -0.39 is 0 Å². The zero-order chi connectivity index (χ0) is 11.5. The number of hydrogen-bond donors (Lipinski definition) is 1. The highest BCUT2D eigenvalue weighted by molar-refractivity contribution is 7.99. The fraction of sp³-hybridized carbons (Fsp3) is 0.273. The summed E-state index contributed by atoms with van der Waals surface area (Å²) in [5, 5.41) is 1.44. The Kier molecular flexibility index (Phi) is 3.26. The summed E-state index contributed by atoms with van der Waals surface area (Å²) in [4.78, 5) is 8.51. The van der Waals surface area contributed by atoms with Gasteiger partial charge in [-0.25, -0.2) is 9.97 Å². The van der Waals surface area contributed by atoms with Crippen molar-refractivity contribution in [2.45, 2.75) is 30.1 Å². The maximum Gasteiger partial charge on any atom is 0.262 e. The second-order valence-corrected chi connectivity index (χ2v) is 4.48. The number of nitrogens with two attached hydrogens (primary N) is 1. The topological polar surface area (TPSA) is 64.9 Å². The van der Waals surface area contributed by atoms with Crippen molar-refractivity contribution >= 4 is 11.8 Å². The first-order chi connectivity index (χ1) is 7.66. The van der Waals surface area contributed by atoms with Gasteiger partial charge < -0.3 is 10.2 Å². The molecule has 0 bridgehead atoms. The van der Waals surface area contributed by atoms with Crippen molar-refractivity contribution in [2.24, 2.45) is 5.73 Å². The lowest BCUT2D eigenvalue weighted by atomic mass is 10.2. The number of hydrogen-bond acceptors (Lipinski definition) is 5. The SMILES string of the molecule is Cc1coc(Sc2ncccc2[C@@H](C)N)n1. The molecule has 1 atom stereocenters. The van der Waals surface area contributed by atoms with Gasteiger partial charge in [0, 0.05) is 17.8 Å². The Bertz CT molecular complexity index is 482. The summed E-state index contributed by atoms with van der Waals surface area (Å²) in [6.07, 6.45) is 3.36. The van der Waals surface area contributed by atoms with Crippen molar-refractivity contribution < 1.29 is 4.42 Å². The predicted molar refractivity (Wildman–Crippen MR) is 62.2 cm³/mol. The molecule has 84 valence electrons. The third-order valence-corrected chi connectivity index (χ3v) is 2.97. The van der Waals surface area contributed by atoms with Crippen molar-refractivity contribution in [3.05, 3.63) is 35.9 Å². The van der Waals surface area contributed by atoms with Crippen molar-refractivity contribution in [3.63, 3.8) is 0 Å². The van der Waals surface area contributed by atoms with E-state index in [-0.39, 0.29) is 6.04 Å². The van der Waals surface area contributed by atoms with Crippen molar-refractivity contribution in [3.8, 4) is 0 Å². The first-order valence-corrected chi connectivity index (χ1v) is 5.79. The van der Waals surface area contributed by atoms with E-state index in [0.29, 0.717) is 5.22 Å². The van der Waals surface area contributed by atoms with E-state index in [1.807, 2.05) is 26.0 Å². The van der Waals surface area contributed by atoms with Crippen LogP contribution in [0.1, 0.15) is 24.2 Å². The molecule has 0 spiro atoms. The van der Waals surface area contributed by atoms with E-state index in [2.05, 4.69) is 9.97 Å². The van der Waals surface area contributed by atoms with Gasteiger partial charge in [-0.1, -0.05) is 6.07 Å². The predicted octanol–water partition coefficient (Wildman–Crippen LogP) is 2.55. The summed E-state index contributed by atoms with van der Waals surface area (Å²) < 4.78 is 5.27. The van der Waals surface area contributed by atoms with Gasteiger partial charge in [0.2, 0.25) is 0 Å². The number of rotatable bonds is 3. The van der Waals surface area contributed by atoms with E-state index in [4.69, 9.17) is 10.2 Å². The average Bonchev–Trinajstić information content (AvgIpc) is 2.64. The van der Waals surface area contributed by atoms with Gasteiger partial charge in [-0.2, -0.15) is 0 Å². The Morgan fingerprint density at radius 3 is 2.94 bits per heavy atom. The van der Waals surface area contributed by atoms with Crippen LogP contribution in [0.3, 0.4) is 0 Å². The number of pyridine rings is 1. The molecule has 2 aromatic rings. The van der Waals surface area contributed by atoms with Gasteiger partial charge in [0.15, 0.2) is 0 Å². The molecule has 0 saturated carbocycles. The van der Waals surface area contributed by atoms with E-state index in [0.717, 1.165) is 16.3 Å². The molecular formula is C11H13N3OS. The highest BCUT2D eigenvalue weighted by atomic mass is 32.2. The van der Waals surface area contributed by atoms with Crippen LogP contribution in [0.2, 0.25) is 0 Å². The Hall–Kier alpha value is -1.33. The third-order valence-electron chi connectivity index (χ3n) is 2.07. The molecule has 0 aliphatic carbocycles. The summed E-state index contributed by atoms with van der Waals surface area (Å²) in [5.74, 6) is 0. The van der Waals surface area contributed by atoms with Crippen LogP contribution in [0, 0.1) is 6.92 Å². The molecular weight excluding hydrogens is 222 g/mol. The minimum absolute atomic E-state index is 0.0488. The van der Waals surface area contributed by atoms with Crippen LogP contribution in [0.5, 0.6) is 0 Å². The number of nitrogens with zero attached hydrogens (tertiary/aromatic N) is 2. The van der Waals surface area contributed by atoms with Gasteiger partial charge in [-0.15, -0.1) is 0 Å². The number of aromatic nitrogens is 2. The average molecular weight is 235 g/mol. The summed E-state index contributed by atoms with van der Waals surface area (Å²) >= 11 is 1.39. The summed E-state index contributed by atoms with van der Waals surface area (Å²) in [5.41, 5.74) is 7.73. The van der Waals surface area contributed by atoms with Gasteiger partial charge >= 0.3 is 0 Å². The molecule has 2 N–H and O–H groups in total. The molecule has 0 aliphatic rings. The van der Waals surface area contributed by atoms with E-state index in [9.17, 15) is 0 Å². The largest absolute Gasteiger partial charge is 0.439 e. The van der Waals surface area contributed by atoms with E-state index in [1.165, 1.54) is 11.8 Å². The fourth-order valence-electron chi connectivity index (χ4n) is 1.30. The molecule has 0 radical (unpaired) electrons.